The van der Waals surface area contributed by atoms with Crippen LogP contribution in [-0.4, -0.2) is 24.3 Å². The topological polar surface area (TPSA) is 21.3 Å². The second-order valence-corrected chi connectivity index (χ2v) is 5.17. The SMILES string of the molecule is CC1(OC2(C)CNC2)CCCCC1. The lowest BCUT2D eigenvalue weighted by atomic mass is 9.85. The summed E-state index contributed by atoms with van der Waals surface area (Å²) in [5.74, 6) is 0. The predicted octanol–water partition coefficient (Wildman–Crippen LogP) is 2.09. The van der Waals surface area contributed by atoms with Gasteiger partial charge in [0.25, 0.3) is 0 Å². The highest BCUT2D eigenvalue weighted by Crippen LogP contribution is 2.35. The zero-order valence-corrected chi connectivity index (χ0v) is 8.86. The molecule has 1 heterocycles. The van der Waals surface area contributed by atoms with Gasteiger partial charge in [0.2, 0.25) is 0 Å². The fourth-order valence-electron chi connectivity index (χ4n) is 2.55. The van der Waals surface area contributed by atoms with Gasteiger partial charge in [-0.05, 0) is 26.7 Å². The highest BCUT2D eigenvalue weighted by Gasteiger charge is 2.40. The second-order valence-electron chi connectivity index (χ2n) is 5.17. The number of hydrogen-bond donors (Lipinski definition) is 1. The van der Waals surface area contributed by atoms with Gasteiger partial charge in [0.05, 0.1) is 11.2 Å². The third-order valence-corrected chi connectivity index (χ3v) is 3.40. The maximum Gasteiger partial charge on any atom is 0.0909 e. The van der Waals surface area contributed by atoms with Crippen LogP contribution < -0.4 is 5.32 Å². The molecule has 1 saturated heterocycles. The Hall–Kier alpha value is -0.0800. The van der Waals surface area contributed by atoms with E-state index in [1.54, 1.807) is 0 Å². The van der Waals surface area contributed by atoms with Crippen LogP contribution in [0, 0.1) is 0 Å². The van der Waals surface area contributed by atoms with Gasteiger partial charge in [-0.15, -0.1) is 0 Å². The minimum absolute atomic E-state index is 0.131. The average Bonchev–Trinajstić information content (AvgIpc) is 2.02. The molecule has 1 aliphatic carbocycles. The number of hydrogen-bond acceptors (Lipinski definition) is 2. The zero-order valence-electron chi connectivity index (χ0n) is 8.86. The lowest BCUT2D eigenvalue weighted by molar-refractivity contribution is -0.173. The Bertz CT molecular complexity index is 181. The summed E-state index contributed by atoms with van der Waals surface area (Å²) in [5, 5.41) is 3.28. The number of rotatable bonds is 2. The summed E-state index contributed by atoms with van der Waals surface area (Å²) in [4.78, 5) is 0. The van der Waals surface area contributed by atoms with Gasteiger partial charge >= 0.3 is 0 Å². The molecule has 2 rings (SSSR count). The largest absolute Gasteiger partial charge is 0.366 e. The predicted molar refractivity (Wildman–Crippen MR) is 53.8 cm³/mol. The first kappa shape index (κ1) is 9.47. The number of nitrogens with one attached hydrogen (secondary N) is 1. The van der Waals surface area contributed by atoms with E-state index in [1.807, 2.05) is 0 Å². The van der Waals surface area contributed by atoms with E-state index in [-0.39, 0.29) is 11.2 Å². The molecule has 0 radical (unpaired) electrons. The van der Waals surface area contributed by atoms with E-state index >= 15 is 0 Å². The summed E-state index contributed by atoms with van der Waals surface area (Å²) < 4.78 is 6.24. The molecular formula is C11H21NO. The summed E-state index contributed by atoms with van der Waals surface area (Å²) in [6.07, 6.45) is 6.60. The highest BCUT2D eigenvalue weighted by atomic mass is 16.5. The molecule has 0 amide bonds. The Morgan fingerprint density at radius 1 is 0.923 bits per heavy atom. The molecule has 0 aromatic carbocycles. The maximum absolute atomic E-state index is 6.24. The van der Waals surface area contributed by atoms with Crippen LogP contribution in [0.15, 0.2) is 0 Å². The molecule has 0 spiro atoms. The van der Waals surface area contributed by atoms with E-state index in [4.69, 9.17) is 4.74 Å². The van der Waals surface area contributed by atoms with E-state index in [2.05, 4.69) is 19.2 Å². The van der Waals surface area contributed by atoms with Gasteiger partial charge < -0.3 is 10.1 Å². The summed E-state index contributed by atoms with van der Waals surface area (Å²) in [7, 11) is 0. The van der Waals surface area contributed by atoms with Crippen molar-refractivity contribution >= 4 is 0 Å². The normalized spacial score (nSPS) is 30.9. The van der Waals surface area contributed by atoms with Gasteiger partial charge in [-0.25, -0.2) is 0 Å². The van der Waals surface area contributed by atoms with Gasteiger partial charge in [0.15, 0.2) is 0 Å². The summed E-state index contributed by atoms with van der Waals surface area (Å²) in [5.41, 5.74) is 0.307. The summed E-state index contributed by atoms with van der Waals surface area (Å²) >= 11 is 0. The van der Waals surface area contributed by atoms with Crippen LogP contribution in [0.3, 0.4) is 0 Å². The van der Waals surface area contributed by atoms with E-state index < -0.39 is 0 Å². The fourth-order valence-corrected chi connectivity index (χ4v) is 2.55. The lowest BCUT2D eigenvalue weighted by Gasteiger charge is -2.47. The Morgan fingerprint density at radius 3 is 2.00 bits per heavy atom. The molecule has 2 fully saturated rings. The second kappa shape index (κ2) is 3.25. The first-order valence-corrected chi connectivity index (χ1v) is 5.53. The Morgan fingerprint density at radius 2 is 1.54 bits per heavy atom. The van der Waals surface area contributed by atoms with Gasteiger partial charge in [0, 0.05) is 13.1 Å². The Balaban J connectivity index is 1.90. The van der Waals surface area contributed by atoms with Crippen molar-refractivity contribution in [2.75, 3.05) is 13.1 Å². The summed E-state index contributed by atoms with van der Waals surface area (Å²) in [6, 6.07) is 0. The first-order chi connectivity index (χ1) is 6.12. The zero-order chi connectivity index (χ0) is 9.36. The molecule has 1 aliphatic heterocycles. The van der Waals surface area contributed by atoms with Gasteiger partial charge in [-0.2, -0.15) is 0 Å². The van der Waals surface area contributed by atoms with E-state index in [1.165, 1.54) is 32.1 Å². The van der Waals surface area contributed by atoms with Crippen molar-refractivity contribution in [1.29, 1.82) is 0 Å². The molecule has 0 unspecified atom stereocenters. The fraction of sp³-hybridized carbons (Fsp3) is 1.00. The van der Waals surface area contributed by atoms with Crippen molar-refractivity contribution in [2.45, 2.75) is 57.2 Å². The quantitative estimate of drug-likeness (QED) is 0.707. The third-order valence-electron chi connectivity index (χ3n) is 3.40. The van der Waals surface area contributed by atoms with E-state index in [0.29, 0.717) is 0 Å². The smallest absolute Gasteiger partial charge is 0.0909 e. The van der Waals surface area contributed by atoms with Gasteiger partial charge in [0.1, 0.15) is 0 Å². The number of ether oxygens (including phenoxy) is 1. The van der Waals surface area contributed by atoms with Crippen molar-refractivity contribution in [3.05, 3.63) is 0 Å². The van der Waals surface area contributed by atoms with Crippen LogP contribution in [0.5, 0.6) is 0 Å². The lowest BCUT2D eigenvalue weighted by Crippen LogP contribution is -2.62. The maximum atomic E-state index is 6.24. The molecule has 0 atom stereocenters. The molecule has 1 N–H and O–H groups in total. The standard InChI is InChI=1S/C11H21NO/c1-10(6-4-3-5-7-10)13-11(2)8-12-9-11/h12H,3-9H2,1-2H3. The molecule has 2 heteroatoms. The van der Waals surface area contributed by atoms with Crippen molar-refractivity contribution in [3.63, 3.8) is 0 Å². The first-order valence-electron chi connectivity index (χ1n) is 5.53. The van der Waals surface area contributed by atoms with Crippen LogP contribution in [0.4, 0.5) is 0 Å². The molecule has 0 aromatic rings. The molecule has 0 bridgehead atoms. The molecule has 13 heavy (non-hydrogen) atoms. The van der Waals surface area contributed by atoms with E-state index in [0.717, 1.165) is 13.1 Å². The monoisotopic (exact) mass is 183 g/mol. The highest BCUT2D eigenvalue weighted by molar-refractivity contribution is 4.94. The molecule has 76 valence electrons. The Kier molecular flexibility index (Phi) is 2.37. The minimum Gasteiger partial charge on any atom is -0.366 e. The van der Waals surface area contributed by atoms with Crippen molar-refractivity contribution in [3.8, 4) is 0 Å². The molecule has 0 aromatic heterocycles. The third kappa shape index (κ3) is 2.05. The minimum atomic E-state index is 0.131. The van der Waals surface area contributed by atoms with Crippen molar-refractivity contribution in [1.82, 2.24) is 5.32 Å². The molecular weight excluding hydrogens is 162 g/mol. The van der Waals surface area contributed by atoms with Crippen LogP contribution >= 0.6 is 0 Å². The van der Waals surface area contributed by atoms with Crippen LogP contribution in [-0.2, 0) is 4.74 Å². The summed E-state index contributed by atoms with van der Waals surface area (Å²) in [6.45, 7) is 6.57. The van der Waals surface area contributed by atoms with Crippen LogP contribution in [0.1, 0.15) is 46.0 Å². The van der Waals surface area contributed by atoms with Crippen molar-refractivity contribution in [2.24, 2.45) is 0 Å². The van der Waals surface area contributed by atoms with Crippen molar-refractivity contribution < 1.29 is 4.74 Å². The molecule has 2 aliphatic rings. The van der Waals surface area contributed by atoms with E-state index in [9.17, 15) is 0 Å². The Labute approximate surface area is 81.0 Å². The van der Waals surface area contributed by atoms with Gasteiger partial charge in [-0.1, -0.05) is 19.3 Å². The van der Waals surface area contributed by atoms with Crippen LogP contribution in [0.25, 0.3) is 0 Å². The molecule has 2 nitrogen and oxygen atoms in total. The van der Waals surface area contributed by atoms with Gasteiger partial charge in [-0.3, -0.25) is 0 Å². The average molecular weight is 183 g/mol. The van der Waals surface area contributed by atoms with Crippen LogP contribution in [0.2, 0.25) is 0 Å². The molecule has 1 saturated carbocycles.